The summed E-state index contributed by atoms with van der Waals surface area (Å²) in [6.45, 7) is 0. The molecule has 0 fully saturated rings. The lowest BCUT2D eigenvalue weighted by Crippen LogP contribution is -2.17. The lowest BCUT2D eigenvalue weighted by atomic mass is 10.0. The van der Waals surface area contributed by atoms with Gasteiger partial charge in [0.1, 0.15) is 0 Å². The lowest BCUT2D eigenvalue weighted by Gasteiger charge is -2.15. The van der Waals surface area contributed by atoms with E-state index in [4.69, 9.17) is 5.11 Å². The van der Waals surface area contributed by atoms with Gasteiger partial charge in [0.2, 0.25) is 5.95 Å². The van der Waals surface area contributed by atoms with Gasteiger partial charge in [-0.25, -0.2) is 13.8 Å². The molecule has 0 amide bonds. The Bertz CT molecular complexity index is 471. The van der Waals surface area contributed by atoms with Gasteiger partial charge in [-0.1, -0.05) is 0 Å². The molecule has 0 aliphatic carbocycles. The number of hydrogen-bond acceptors (Lipinski definition) is 2. The topological polar surface area (TPSA) is 50.2 Å². The van der Waals surface area contributed by atoms with E-state index in [1.54, 1.807) is 0 Å². The first-order valence-corrected chi connectivity index (χ1v) is 4.39. The summed E-state index contributed by atoms with van der Waals surface area (Å²) in [5.41, 5.74) is -4.62. The van der Waals surface area contributed by atoms with Crippen LogP contribution in [0, 0.1) is 5.95 Å². The normalized spacial score (nSPS) is 11.9. The Morgan fingerprint density at radius 2 is 1.94 bits per heavy atom. The molecule has 9 heteroatoms. The quantitative estimate of drug-likeness (QED) is 0.680. The van der Waals surface area contributed by atoms with Crippen LogP contribution in [0.3, 0.4) is 0 Å². The van der Waals surface area contributed by atoms with Crippen molar-refractivity contribution in [3.63, 3.8) is 0 Å². The average molecular weight is 273 g/mol. The highest BCUT2D eigenvalue weighted by atomic mass is 19.4. The van der Waals surface area contributed by atoms with Crippen molar-refractivity contribution in [1.82, 2.24) is 4.98 Å². The van der Waals surface area contributed by atoms with Crippen molar-refractivity contribution in [2.24, 2.45) is 0 Å². The van der Waals surface area contributed by atoms with E-state index in [9.17, 15) is 31.1 Å². The maximum absolute atomic E-state index is 13.0. The van der Waals surface area contributed by atoms with E-state index >= 15 is 0 Å². The van der Waals surface area contributed by atoms with Gasteiger partial charge in [-0.2, -0.15) is 17.6 Å². The molecule has 0 radical (unpaired) electrons. The molecule has 0 spiro atoms. The van der Waals surface area contributed by atoms with Crippen LogP contribution in [0.4, 0.5) is 26.3 Å². The van der Waals surface area contributed by atoms with E-state index in [0.717, 1.165) is 0 Å². The minimum atomic E-state index is -5.09. The van der Waals surface area contributed by atoms with E-state index in [1.165, 1.54) is 0 Å². The summed E-state index contributed by atoms with van der Waals surface area (Å²) in [5.74, 6) is -3.60. The van der Waals surface area contributed by atoms with Crippen molar-refractivity contribution in [3.8, 4) is 0 Å². The molecule has 3 nitrogen and oxygen atoms in total. The second kappa shape index (κ2) is 4.83. The van der Waals surface area contributed by atoms with Crippen molar-refractivity contribution in [3.05, 3.63) is 28.8 Å². The molecule has 1 aromatic heterocycles. The first-order valence-electron chi connectivity index (χ1n) is 4.39. The third kappa shape index (κ3) is 2.90. The second-order valence-electron chi connectivity index (χ2n) is 3.22. The highest BCUT2D eigenvalue weighted by Crippen LogP contribution is 2.36. The molecular weight excluding hydrogens is 268 g/mol. The maximum Gasteiger partial charge on any atom is 0.418 e. The number of hydrogen-bond donors (Lipinski definition) is 1. The minimum Gasteiger partial charge on any atom is -0.481 e. The Balaban J connectivity index is 3.54. The molecule has 0 bridgehead atoms. The van der Waals surface area contributed by atoms with Crippen LogP contribution in [-0.4, -0.2) is 16.1 Å². The lowest BCUT2D eigenvalue weighted by molar-refractivity contribution is -0.140. The van der Waals surface area contributed by atoms with Crippen molar-refractivity contribution in [2.45, 2.75) is 19.0 Å². The molecule has 0 atom stereocenters. The summed E-state index contributed by atoms with van der Waals surface area (Å²) in [6.07, 6.45) is -10.0. The van der Waals surface area contributed by atoms with Crippen LogP contribution >= 0.6 is 0 Å². The second-order valence-corrected chi connectivity index (χ2v) is 3.22. The Morgan fingerprint density at radius 3 is 2.33 bits per heavy atom. The molecule has 0 unspecified atom stereocenters. The molecule has 0 aliphatic heterocycles. The van der Waals surface area contributed by atoms with E-state index in [0.29, 0.717) is 0 Å². The smallest absolute Gasteiger partial charge is 0.418 e. The van der Waals surface area contributed by atoms with E-state index in [1.807, 2.05) is 0 Å². The molecule has 0 aromatic carbocycles. The molecule has 1 heterocycles. The predicted molar refractivity (Wildman–Crippen MR) is 45.5 cm³/mol. The number of carbonyl (C=O) groups is 1. The standard InChI is InChI=1S/C9H5F6NO2/c10-7(11)6-3(1-5(17)18)4(9(13,14)15)2-16-8(6)12/h2,7H,1H2,(H,17,18). The Labute approximate surface area is 96.1 Å². The van der Waals surface area contributed by atoms with Crippen LogP contribution < -0.4 is 0 Å². The zero-order valence-electron chi connectivity index (χ0n) is 8.43. The molecule has 18 heavy (non-hydrogen) atoms. The van der Waals surface area contributed by atoms with Crippen LogP contribution in [0.25, 0.3) is 0 Å². The summed E-state index contributed by atoms with van der Waals surface area (Å²) in [7, 11) is 0. The Hall–Kier alpha value is -1.80. The zero-order chi connectivity index (χ0) is 14.1. The fourth-order valence-corrected chi connectivity index (χ4v) is 1.35. The highest BCUT2D eigenvalue weighted by molar-refractivity contribution is 5.71. The Morgan fingerprint density at radius 1 is 1.39 bits per heavy atom. The average Bonchev–Trinajstić information content (AvgIpc) is 2.13. The number of carboxylic acid groups (broad SMARTS) is 1. The van der Waals surface area contributed by atoms with Crippen molar-refractivity contribution in [2.75, 3.05) is 0 Å². The van der Waals surface area contributed by atoms with Gasteiger partial charge in [0.05, 0.1) is 17.5 Å². The predicted octanol–water partition coefficient (Wildman–Crippen LogP) is 2.80. The van der Waals surface area contributed by atoms with E-state index < -0.39 is 47.6 Å². The highest BCUT2D eigenvalue weighted by Gasteiger charge is 2.38. The molecular formula is C9H5F6NO2. The number of aliphatic carboxylic acids is 1. The van der Waals surface area contributed by atoms with Crippen LogP contribution in [0.5, 0.6) is 0 Å². The fourth-order valence-electron chi connectivity index (χ4n) is 1.35. The molecule has 0 aliphatic rings. The molecule has 100 valence electrons. The van der Waals surface area contributed by atoms with Gasteiger partial charge in [0, 0.05) is 6.20 Å². The number of pyridine rings is 1. The van der Waals surface area contributed by atoms with Crippen LogP contribution in [0.15, 0.2) is 6.20 Å². The van der Waals surface area contributed by atoms with Crippen LogP contribution in [0.1, 0.15) is 23.1 Å². The fraction of sp³-hybridized carbons (Fsp3) is 0.333. The van der Waals surface area contributed by atoms with Gasteiger partial charge in [-0.15, -0.1) is 0 Å². The largest absolute Gasteiger partial charge is 0.481 e. The third-order valence-electron chi connectivity index (χ3n) is 2.03. The molecule has 1 rings (SSSR count). The zero-order valence-corrected chi connectivity index (χ0v) is 8.43. The van der Waals surface area contributed by atoms with E-state index in [2.05, 4.69) is 4.98 Å². The first-order chi connectivity index (χ1) is 8.14. The van der Waals surface area contributed by atoms with Crippen molar-refractivity contribution < 1.29 is 36.2 Å². The van der Waals surface area contributed by atoms with Gasteiger partial charge >= 0.3 is 12.1 Å². The molecule has 1 aromatic rings. The molecule has 0 saturated carbocycles. The third-order valence-corrected chi connectivity index (χ3v) is 2.03. The number of carboxylic acids is 1. The van der Waals surface area contributed by atoms with Gasteiger partial charge in [-0.05, 0) is 5.56 Å². The van der Waals surface area contributed by atoms with Gasteiger partial charge in [-0.3, -0.25) is 4.79 Å². The van der Waals surface area contributed by atoms with Crippen molar-refractivity contribution in [1.29, 1.82) is 0 Å². The van der Waals surface area contributed by atoms with Crippen molar-refractivity contribution >= 4 is 5.97 Å². The maximum atomic E-state index is 13.0. The van der Waals surface area contributed by atoms with Gasteiger partial charge in [0.15, 0.2) is 0 Å². The minimum absolute atomic E-state index is 0.000509. The monoisotopic (exact) mass is 273 g/mol. The summed E-state index contributed by atoms with van der Waals surface area (Å²) in [6, 6.07) is 0. The first kappa shape index (κ1) is 14.3. The van der Waals surface area contributed by atoms with E-state index in [-0.39, 0.29) is 6.20 Å². The number of alkyl halides is 5. The Kier molecular flexibility index (Phi) is 3.82. The molecule has 1 N–H and O–H groups in total. The summed E-state index contributed by atoms with van der Waals surface area (Å²) >= 11 is 0. The summed E-state index contributed by atoms with van der Waals surface area (Å²) in [4.78, 5) is 13.0. The molecule has 0 saturated heterocycles. The van der Waals surface area contributed by atoms with Crippen LogP contribution in [-0.2, 0) is 17.4 Å². The number of aromatic nitrogens is 1. The number of rotatable bonds is 3. The number of halogens is 6. The summed E-state index contributed by atoms with van der Waals surface area (Å²) < 4.78 is 75.3. The van der Waals surface area contributed by atoms with Crippen LogP contribution in [0.2, 0.25) is 0 Å². The van der Waals surface area contributed by atoms with Gasteiger partial charge < -0.3 is 5.11 Å². The number of nitrogens with zero attached hydrogens (tertiary/aromatic N) is 1. The van der Waals surface area contributed by atoms with Gasteiger partial charge in [0.25, 0.3) is 6.43 Å². The SMILES string of the molecule is O=C(O)Cc1c(C(F)(F)F)cnc(F)c1C(F)F. The summed E-state index contributed by atoms with van der Waals surface area (Å²) in [5, 5.41) is 8.40.